The summed E-state index contributed by atoms with van der Waals surface area (Å²) < 4.78 is 24.5. The zero-order valence-electron chi connectivity index (χ0n) is 20.9. The summed E-state index contributed by atoms with van der Waals surface area (Å²) >= 11 is 0. The number of carbonyl (C=O) groups excluding carboxylic acids is 3. The van der Waals surface area contributed by atoms with E-state index in [4.69, 9.17) is 0 Å². The second-order valence-electron chi connectivity index (χ2n) is 10.3. The summed E-state index contributed by atoms with van der Waals surface area (Å²) in [7, 11) is -3.74. The van der Waals surface area contributed by atoms with E-state index in [9.17, 15) is 22.8 Å². The second kappa shape index (κ2) is 9.02. The van der Waals surface area contributed by atoms with Gasteiger partial charge in [-0.3, -0.25) is 14.4 Å². The Morgan fingerprint density at radius 2 is 1.76 bits per heavy atom. The summed E-state index contributed by atoms with van der Waals surface area (Å²) in [4.78, 5) is 43.8. The average Bonchev–Trinajstić information content (AvgIpc) is 3.32. The number of H-pyrrole nitrogens is 1. The first kappa shape index (κ1) is 25.0. The number of β-lactam (4-membered cyclic amide) rings is 1. The van der Waals surface area contributed by atoms with Gasteiger partial charge < -0.3 is 20.5 Å². The molecule has 3 amide bonds. The molecule has 3 heterocycles. The zero-order valence-corrected chi connectivity index (χ0v) is 21.7. The number of carbonyl (C=O) groups is 3. The van der Waals surface area contributed by atoms with Gasteiger partial charge in [0.15, 0.2) is 9.84 Å². The van der Waals surface area contributed by atoms with Crippen LogP contribution in [0.1, 0.15) is 44.4 Å². The van der Waals surface area contributed by atoms with Crippen LogP contribution in [-0.2, 0) is 30.6 Å². The normalized spacial score (nSPS) is 23.1. The van der Waals surface area contributed by atoms with E-state index >= 15 is 0 Å². The molecule has 3 aromatic rings. The van der Waals surface area contributed by atoms with E-state index in [2.05, 4.69) is 15.6 Å². The first-order valence-electron chi connectivity index (χ1n) is 12.3. The van der Waals surface area contributed by atoms with Crippen LogP contribution in [0.5, 0.6) is 0 Å². The van der Waals surface area contributed by atoms with Crippen LogP contribution in [0, 0.1) is 0 Å². The van der Waals surface area contributed by atoms with Crippen LogP contribution >= 0.6 is 0 Å². The number of hydrogen-bond donors (Lipinski definition) is 3. The van der Waals surface area contributed by atoms with Gasteiger partial charge in [0, 0.05) is 23.5 Å². The standard InChI is InChI=1S/C27H30N4O5S/c1-16(17-9-5-4-6-10-17)29-25(33)21(13-18-15-28-20-12-8-7-11-19(18)20)30-26(34)24-27(2,3)37(35,36)23-14-22(32)31(23)24/h4-12,15-16,21,23-24,28H,13-14H2,1-3H3,(H,29,33)(H,30,34)/t16-,21-,23-,24-/m0/s1. The summed E-state index contributed by atoms with van der Waals surface area (Å²) in [6, 6.07) is 14.6. The third-order valence-corrected chi connectivity index (χ3v) is 10.4. The van der Waals surface area contributed by atoms with Gasteiger partial charge in [-0.1, -0.05) is 48.5 Å². The molecular weight excluding hydrogens is 492 g/mol. The summed E-state index contributed by atoms with van der Waals surface area (Å²) in [5, 5.41) is 5.69. The largest absolute Gasteiger partial charge is 0.361 e. The number of sulfone groups is 1. The van der Waals surface area contributed by atoms with Crippen molar-refractivity contribution >= 4 is 38.5 Å². The minimum atomic E-state index is -3.74. The fourth-order valence-corrected chi connectivity index (χ4v) is 7.51. The molecule has 2 saturated heterocycles. The van der Waals surface area contributed by atoms with Crippen molar-refractivity contribution in [2.45, 2.75) is 61.9 Å². The zero-order chi connectivity index (χ0) is 26.5. The first-order chi connectivity index (χ1) is 17.5. The molecule has 2 fully saturated rings. The number of fused-ring (bicyclic) bond motifs is 2. The van der Waals surface area contributed by atoms with E-state index in [-0.39, 0.29) is 24.8 Å². The lowest BCUT2D eigenvalue weighted by atomic mass is 9.96. The quantitative estimate of drug-likeness (QED) is 0.410. The van der Waals surface area contributed by atoms with Gasteiger partial charge in [-0.25, -0.2) is 8.42 Å². The summed E-state index contributed by atoms with van der Waals surface area (Å²) in [5.41, 5.74) is 2.64. The van der Waals surface area contributed by atoms with E-state index < -0.39 is 43.9 Å². The molecule has 2 aliphatic heterocycles. The van der Waals surface area contributed by atoms with E-state index in [1.165, 1.54) is 13.8 Å². The molecule has 2 aromatic carbocycles. The third kappa shape index (κ3) is 4.09. The van der Waals surface area contributed by atoms with E-state index in [1.807, 2.05) is 61.5 Å². The number of nitrogens with one attached hydrogen (secondary N) is 3. The van der Waals surface area contributed by atoms with Crippen molar-refractivity contribution in [3.8, 4) is 0 Å². The van der Waals surface area contributed by atoms with Crippen molar-refractivity contribution in [2.75, 3.05) is 0 Å². The van der Waals surface area contributed by atoms with Crippen LogP contribution in [0.4, 0.5) is 0 Å². The van der Waals surface area contributed by atoms with Crippen molar-refractivity contribution in [3.63, 3.8) is 0 Å². The predicted octanol–water partition coefficient (Wildman–Crippen LogP) is 2.21. The van der Waals surface area contributed by atoms with E-state index in [1.54, 1.807) is 6.20 Å². The molecule has 10 heteroatoms. The minimum absolute atomic E-state index is 0.122. The number of nitrogens with zero attached hydrogens (tertiary/aromatic N) is 1. The average molecular weight is 523 g/mol. The maximum absolute atomic E-state index is 13.6. The highest BCUT2D eigenvalue weighted by Gasteiger charge is 2.67. The van der Waals surface area contributed by atoms with Gasteiger partial charge in [0.1, 0.15) is 17.5 Å². The second-order valence-corrected chi connectivity index (χ2v) is 13.0. The van der Waals surface area contributed by atoms with Gasteiger partial charge >= 0.3 is 0 Å². The lowest BCUT2D eigenvalue weighted by Crippen LogP contribution is -2.62. The Bertz CT molecular complexity index is 1480. The Balaban J connectivity index is 1.43. The smallest absolute Gasteiger partial charge is 0.245 e. The molecule has 0 aliphatic carbocycles. The molecule has 0 saturated carbocycles. The fraction of sp³-hybridized carbons (Fsp3) is 0.370. The Morgan fingerprint density at radius 1 is 1.08 bits per heavy atom. The molecular formula is C27H30N4O5S. The van der Waals surface area contributed by atoms with Crippen molar-refractivity contribution in [3.05, 3.63) is 71.9 Å². The fourth-order valence-electron chi connectivity index (χ4n) is 5.37. The molecule has 5 rings (SSSR count). The van der Waals surface area contributed by atoms with Crippen LogP contribution in [0.2, 0.25) is 0 Å². The highest BCUT2D eigenvalue weighted by Crippen LogP contribution is 2.45. The van der Waals surface area contributed by atoms with Crippen molar-refractivity contribution in [2.24, 2.45) is 0 Å². The lowest BCUT2D eigenvalue weighted by Gasteiger charge is -2.37. The van der Waals surface area contributed by atoms with Gasteiger partial charge in [-0.15, -0.1) is 0 Å². The molecule has 194 valence electrons. The van der Waals surface area contributed by atoms with Gasteiger partial charge in [0.05, 0.1) is 17.2 Å². The Kier molecular flexibility index (Phi) is 6.10. The van der Waals surface area contributed by atoms with Gasteiger partial charge in [0.25, 0.3) is 0 Å². The Hall–Kier alpha value is -3.66. The molecule has 1 aromatic heterocycles. The SMILES string of the molecule is C[C@H](NC(=O)[C@H](Cc1c[nH]c2ccccc12)NC(=O)[C@@H]1N2C(=O)C[C@@H]2S(=O)(=O)C1(C)C)c1ccccc1. The summed E-state index contributed by atoms with van der Waals surface area (Å²) in [5.74, 6) is -1.44. The van der Waals surface area contributed by atoms with Gasteiger partial charge in [-0.05, 0) is 38.0 Å². The molecule has 4 atom stereocenters. The van der Waals surface area contributed by atoms with Crippen molar-refractivity contribution in [1.29, 1.82) is 0 Å². The highest BCUT2D eigenvalue weighted by atomic mass is 32.2. The van der Waals surface area contributed by atoms with Crippen LogP contribution in [-0.4, -0.2) is 58.2 Å². The summed E-state index contributed by atoms with van der Waals surface area (Å²) in [6.45, 7) is 4.78. The number of benzene rings is 2. The maximum atomic E-state index is 13.6. The number of hydrogen-bond acceptors (Lipinski definition) is 5. The van der Waals surface area contributed by atoms with Crippen molar-refractivity contribution in [1.82, 2.24) is 20.5 Å². The van der Waals surface area contributed by atoms with Gasteiger partial charge in [-0.2, -0.15) is 0 Å². The number of para-hydroxylation sites is 1. The highest BCUT2D eigenvalue weighted by molar-refractivity contribution is 7.93. The van der Waals surface area contributed by atoms with E-state index in [0.717, 1.165) is 26.9 Å². The summed E-state index contributed by atoms with van der Waals surface area (Å²) in [6.07, 6.45) is 1.86. The first-order valence-corrected chi connectivity index (χ1v) is 13.8. The molecule has 37 heavy (non-hydrogen) atoms. The Labute approximate surface area is 215 Å². The number of aromatic nitrogens is 1. The number of aromatic amines is 1. The maximum Gasteiger partial charge on any atom is 0.245 e. The van der Waals surface area contributed by atoms with Crippen LogP contribution in [0.25, 0.3) is 10.9 Å². The number of rotatable bonds is 7. The molecule has 0 unspecified atom stereocenters. The number of amides is 3. The molecule has 9 nitrogen and oxygen atoms in total. The molecule has 0 bridgehead atoms. The monoisotopic (exact) mass is 522 g/mol. The molecule has 3 N–H and O–H groups in total. The van der Waals surface area contributed by atoms with Crippen LogP contribution < -0.4 is 10.6 Å². The topological polar surface area (TPSA) is 128 Å². The van der Waals surface area contributed by atoms with Crippen molar-refractivity contribution < 1.29 is 22.8 Å². The van der Waals surface area contributed by atoms with Gasteiger partial charge in [0.2, 0.25) is 17.7 Å². The lowest BCUT2D eigenvalue weighted by molar-refractivity contribution is -0.150. The van der Waals surface area contributed by atoms with Crippen LogP contribution in [0.3, 0.4) is 0 Å². The van der Waals surface area contributed by atoms with E-state index in [0.29, 0.717) is 0 Å². The van der Waals surface area contributed by atoms with Crippen LogP contribution in [0.15, 0.2) is 60.8 Å². The Morgan fingerprint density at radius 3 is 2.46 bits per heavy atom. The molecule has 2 aliphatic rings. The molecule has 0 radical (unpaired) electrons. The minimum Gasteiger partial charge on any atom is -0.361 e. The molecule has 0 spiro atoms. The third-order valence-electron chi connectivity index (χ3n) is 7.61. The predicted molar refractivity (Wildman–Crippen MR) is 139 cm³/mol.